The number of carbonyl (C=O) groups is 1. The minimum absolute atomic E-state index is 0.0151. The van der Waals surface area contributed by atoms with Crippen molar-refractivity contribution in [3.63, 3.8) is 0 Å². The summed E-state index contributed by atoms with van der Waals surface area (Å²) < 4.78 is 42.3. The highest BCUT2D eigenvalue weighted by atomic mass is 19.1. The lowest BCUT2D eigenvalue weighted by Crippen LogP contribution is -2.26. The van der Waals surface area contributed by atoms with Crippen LogP contribution in [0.3, 0.4) is 0 Å². The number of rotatable bonds is 11. The van der Waals surface area contributed by atoms with E-state index in [1.54, 1.807) is 20.8 Å². The number of halogens is 2. The van der Waals surface area contributed by atoms with Crippen LogP contribution in [-0.2, 0) is 29.2 Å². The Bertz CT molecular complexity index is 1580. The second-order valence-corrected chi connectivity index (χ2v) is 8.74. The predicted molar refractivity (Wildman–Crippen MR) is 146 cm³/mol. The van der Waals surface area contributed by atoms with Crippen molar-refractivity contribution in [2.75, 3.05) is 11.9 Å². The SMILES string of the molecule is CCOC=Cc1nc(-n2nc(COCc3ccccc3)n(CC)c2=O)c(F)cc1C(=O)Nc1ccc(F)c(C)c1. The van der Waals surface area contributed by atoms with Crippen LogP contribution in [-0.4, -0.2) is 31.8 Å². The van der Waals surface area contributed by atoms with Gasteiger partial charge in [-0.25, -0.2) is 18.6 Å². The lowest BCUT2D eigenvalue weighted by Gasteiger charge is -2.11. The van der Waals surface area contributed by atoms with Crippen LogP contribution in [0.15, 0.2) is 65.7 Å². The molecule has 0 aliphatic heterocycles. The number of hydrogen-bond acceptors (Lipinski definition) is 6. The van der Waals surface area contributed by atoms with Gasteiger partial charge in [-0.2, -0.15) is 4.68 Å². The van der Waals surface area contributed by atoms with Crippen LogP contribution in [0.4, 0.5) is 14.5 Å². The largest absolute Gasteiger partial charge is 0.501 e. The van der Waals surface area contributed by atoms with Gasteiger partial charge in [-0.1, -0.05) is 30.3 Å². The molecule has 4 rings (SSSR count). The number of nitrogens with one attached hydrogen (secondary N) is 1. The molecular formula is C29H29F2N5O4. The zero-order valence-electron chi connectivity index (χ0n) is 22.4. The average molecular weight is 550 g/mol. The topological polar surface area (TPSA) is 100 Å². The van der Waals surface area contributed by atoms with Gasteiger partial charge in [0.15, 0.2) is 17.5 Å². The van der Waals surface area contributed by atoms with Crippen LogP contribution in [0, 0.1) is 18.6 Å². The first-order chi connectivity index (χ1) is 19.3. The summed E-state index contributed by atoms with van der Waals surface area (Å²) in [4.78, 5) is 30.5. The van der Waals surface area contributed by atoms with Crippen LogP contribution >= 0.6 is 0 Å². The second kappa shape index (κ2) is 12.9. The third-order valence-corrected chi connectivity index (χ3v) is 5.93. The molecule has 9 nitrogen and oxygen atoms in total. The van der Waals surface area contributed by atoms with Crippen LogP contribution in [0.5, 0.6) is 0 Å². The maximum absolute atomic E-state index is 15.4. The lowest BCUT2D eigenvalue weighted by atomic mass is 10.1. The van der Waals surface area contributed by atoms with Crippen molar-refractivity contribution >= 4 is 17.7 Å². The van der Waals surface area contributed by atoms with E-state index in [1.807, 2.05) is 30.3 Å². The number of pyridine rings is 1. The van der Waals surface area contributed by atoms with Crippen molar-refractivity contribution in [2.24, 2.45) is 0 Å². The number of amides is 1. The fourth-order valence-corrected chi connectivity index (χ4v) is 3.91. The molecular weight excluding hydrogens is 520 g/mol. The number of benzene rings is 2. The molecule has 2 heterocycles. The van der Waals surface area contributed by atoms with E-state index >= 15 is 4.39 Å². The lowest BCUT2D eigenvalue weighted by molar-refractivity contribution is 0.0989. The quantitative estimate of drug-likeness (QED) is 0.264. The fraction of sp³-hybridized carbons (Fsp3) is 0.241. The van der Waals surface area contributed by atoms with E-state index in [1.165, 1.54) is 35.1 Å². The summed E-state index contributed by atoms with van der Waals surface area (Å²) >= 11 is 0. The third kappa shape index (κ3) is 6.49. The zero-order valence-corrected chi connectivity index (χ0v) is 22.4. The van der Waals surface area contributed by atoms with E-state index in [9.17, 15) is 14.0 Å². The molecule has 4 aromatic rings. The normalized spacial score (nSPS) is 11.2. The Labute approximate surface area is 229 Å². The smallest absolute Gasteiger partial charge is 0.352 e. The van der Waals surface area contributed by atoms with Gasteiger partial charge in [0.1, 0.15) is 12.4 Å². The first kappa shape index (κ1) is 28.4. The molecule has 0 spiro atoms. The van der Waals surface area contributed by atoms with Gasteiger partial charge in [0.2, 0.25) is 0 Å². The van der Waals surface area contributed by atoms with Crippen LogP contribution in [0.2, 0.25) is 0 Å². The van der Waals surface area contributed by atoms with Gasteiger partial charge in [0.05, 0.1) is 30.7 Å². The zero-order chi connectivity index (χ0) is 28.6. The number of anilines is 1. The predicted octanol–water partition coefficient (Wildman–Crippen LogP) is 5.01. The highest BCUT2D eigenvalue weighted by molar-refractivity contribution is 6.06. The molecule has 0 atom stereocenters. The van der Waals surface area contributed by atoms with Crippen LogP contribution < -0.4 is 11.0 Å². The molecule has 0 aliphatic carbocycles. The Morgan fingerprint density at radius 1 is 1.05 bits per heavy atom. The molecule has 0 bridgehead atoms. The number of aryl methyl sites for hydroxylation is 1. The Balaban J connectivity index is 1.67. The Morgan fingerprint density at radius 3 is 2.52 bits per heavy atom. The minimum atomic E-state index is -0.936. The summed E-state index contributed by atoms with van der Waals surface area (Å²) in [6.07, 6.45) is 2.71. The molecule has 2 aromatic heterocycles. The highest BCUT2D eigenvalue weighted by Gasteiger charge is 2.22. The molecule has 208 valence electrons. The number of nitrogens with zero attached hydrogens (tertiary/aromatic N) is 4. The van der Waals surface area contributed by atoms with E-state index in [4.69, 9.17) is 9.47 Å². The molecule has 2 aromatic carbocycles. The molecule has 1 amide bonds. The van der Waals surface area contributed by atoms with Crippen molar-refractivity contribution < 1.29 is 23.0 Å². The van der Waals surface area contributed by atoms with Crippen molar-refractivity contribution in [2.45, 2.75) is 40.5 Å². The molecule has 0 saturated carbocycles. The Morgan fingerprint density at radius 2 is 1.82 bits per heavy atom. The maximum atomic E-state index is 15.4. The second-order valence-electron chi connectivity index (χ2n) is 8.74. The summed E-state index contributed by atoms with van der Waals surface area (Å²) in [5.74, 6) is -2.12. The van der Waals surface area contributed by atoms with E-state index in [2.05, 4.69) is 15.4 Å². The fourth-order valence-electron chi connectivity index (χ4n) is 3.91. The van der Waals surface area contributed by atoms with Gasteiger partial charge in [0.25, 0.3) is 5.91 Å². The summed E-state index contributed by atoms with van der Waals surface area (Å²) in [6.45, 7) is 6.05. The first-order valence-corrected chi connectivity index (χ1v) is 12.7. The van der Waals surface area contributed by atoms with E-state index < -0.39 is 23.2 Å². The van der Waals surface area contributed by atoms with Gasteiger partial charge in [-0.15, -0.1) is 5.10 Å². The van der Waals surface area contributed by atoms with Crippen molar-refractivity contribution in [1.29, 1.82) is 0 Å². The number of aromatic nitrogens is 4. The van der Waals surface area contributed by atoms with E-state index in [-0.39, 0.29) is 30.2 Å². The van der Waals surface area contributed by atoms with Gasteiger partial charge >= 0.3 is 5.69 Å². The maximum Gasteiger partial charge on any atom is 0.352 e. The third-order valence-electron chi connectivity index (χ3n) is 5.93. The number of hydrogen-bond donors (Lipinski definition) is 1. The van der Waals surface area contributed by atoms with Gasteiger partial charge in [-0.3, -0.25) is 9.36 Å². The summed E-state index contributed by atoms with van der Waals surface area (Å²) in [5, 5.41) is 6.91. The summed E-state index contributed by atoms with van der Waals surface area (Å²) in [6, 6.07) is 14.6. The van der Waals surface area contributed by atoms with Gasteiger partial charge in [0, 0.05) is 12.2 Å². The van der Waals surface area contributed by atoms with Crippen molar-refractivity contribution in [1.82, 2.24) is 19.3 Å². The Hall–Kier alpha value is -4.64. The highest BCUT2D eigenvalue weighted by Crippen LogP contribution is 2.20. The monoisotopic (exact) mass is 549 g/mol. The summed E-state index contributed by atoms with van der Waals surface area (Å²) in [5.41, 5.74) is 0.936. The Kier molecular flexibility index (Phi) is 9.18. The van der Waals surface area contributed by atoms with Crippen LogP contribution in [0.25, 0.3) is 11.9 Å². The molecule has 0 radical (unpaired) electrons. The molecule has 11 heteroatoms. The molecule has 40 heavy (non-hydrogen) atoms. The van der Waals surface area contributed by atoms with Crippen molar-refractivity contribution in [3.05, 3.63) is 111 Å². The summed E-state index contributed by atoms with van der Waals surface area (Å²) in [7, 11) is 0. The average Bonchev–Trinajstić information content (AvgIpc) is 3.26. The minimum Gasteiger partial charge on any atom is -0.501 e. The van der Waals surface area contributed by atoms with Gasteiger partial charge in [-0.05, 0) is 62.2 Å². The van der Waals surface area contributed by atoms with E-state index in [0.717, 1.165) is 16.3 Å². The molecule has 0 unspecified atom stereocenters. The van der Waals surface area contributed by atoms with Gasteiger partial charge < -0.3 is 14.8 Å². The number of ether oxygens (including phenoxy) is 2. The first-order valence-electron chi connectivity index (χ1n) is 12.7. The van der Waals surface area contributed by atoms with Crippen molar-refractivity contribution in [3.8, 4) is 5.82 Å². The molecule has 0 saturated heterocycles. The van der Waals surface area contributed by atoms with E-state index in [0.29, 0.717) is 30.3 Å². The molecule has 0 aliphatic rings. The molecule has 1 N–H and O–H groups in total. The molecule has 0 fully saturated rings. The number of carbonyl (C=O) groups excluding carboxylic acids is 1. The standard InChI is InChI=1S/C29H29F2N5O4/c1-4-35-26(18-40-17-20-9-7-6-8-10-20)34-36(29(35)38)27-24(31)16-22(25(33-27)13-14-39-5-2)28(37)32-21-11-12-23(30)19(3)15-21/h6-16H,4-5,17-18H2,1-3H3,(H,32,37). The van der Waals surface area contributed by atoms with Crippen LogP contribution in [0.1, 0.15) is 46.9 Å².